The van der Waals surface area contributed by atoms with Gasteiger partial charge in [-0.1, -0.05) is 115 Å². The summed E-state index contributed by atoms with van der Waals surface area (Å²) in [6.45, 7) is -0.607. The first-order valence-electron chi connectivity index (χ1n) is 19.5. The van der Waals surface area contributed by atoms with E-state index in [1.807, 2.05) is 42.5 Å². The fourth-order valence-corrected chi connectivity index (χ4v) is 12.7. The van der Waals surface area contributed by atoms with Crippen molar-refractivity contribution in [3.05, 3.63) is 178 Å². The number of hydrogen-bond acceptors (Lipinski definition) is 9. The predicted octanol–water partition coefficient (Wildman–Crippen LogP) is 7.39. The van der Waals surface area contributed by atoms with Crippen LogP contribution in [0.1, 0.15) is 51.8 Å². The molecule has 12 heteroatoms. The van der Waals surface area contributed by atoms with E-state index in [1.165, 1.54) is 0 Å². The topological polar surface area (TPSA) is 156 Å². The highest BCUT2D eigenvalue weighted by Crippen LogP contribution is 2.57. The first-order chi connectivity index (χ1) is 28.4. The third-order valence-corrected chi connectivity index (χ3v) is 16.7. The third-order valence-electron chi connectivity index (χ3n) is 10.2. The van der Waals surface area contributed by atoms with Gasteiger partial charge in [-0.2, -0.15) is 10.5 Å². The summed E-state index contributed by atoms with van der Waals surface area (Å²) >= 11 is 0. The van der Waals surface area contributed by atoms with Crippen LogP contribution in [0.3, 0.4) is 0 Å². The van der Waals surface area contributed by atoms with Crippen LogP contribution in [-0.2, 0) is 29.8 Å². The molecule has 0 heterocycles. The van der Waals surface area contributed by atoms with Crippen molar-refractivity contribution in [1.29, 1.82) is 10.5 Å². The fourth-order valence-electron chi connectivity index (χ4n) is 7.40. The Kier molecular flexibility index (Phi) is 17.4. The van der Waals surface area contributed by atoms with Gasteiger partial charge in [0.25, 0.3) is 0 Å². The van der Waals surface area contributed by atoms with Gasteiger partial charge >= 0.3 is 7.32 Å². The van der Waals surface area contributed by atoms with Crippen LogP contribution in [-0.4, -0.2) is 83.8 Å². The molecule has 0 radical (unpaired) electrons. The van der Waals surface area contributed by atoms with Crippen LogP contribution >= 0.6 is 20.6 Å². The SMILES string of the molecule is N#Cc1ccc(CS(CCO)(CCO)OB(OCCCC(c2ccccc2)(c2ccccc2)c2ccccc2)OS(CCO)(CCO)Cc2ccc(C#N)cc2)cc1. The van der Waals surface area contributed by atoms with Crippen LogP contribution in [0.2, 0.25) is 0 Å². The molecule has 58 heavy (non-hydrogen) atoms. The normalized spacial score (nSPS) is 12.4. The lowest BCUT2D eigenvalue weighted by molar-refractivity contribution is 0.203. The largest absolute Gasteiger partial charge is 0.660 e. The second-order valence-electron chi connectivity index (χ2n) is 14.0. The van der Waals surface area contributed by atoms with E-state index < -0.39 is 33.4 Å². The van der Waals surface area contributed by atoms with Crippen LogP contribution in [0.5, 0.6) is 0 Å². The van der Waals surface area contributed by atoms with E-state index >= 15 is 0 Å². The van der Waals surface area contributed by atoms with Gasteiger partial charge in [-0.25, -0.2) is 0 Å². The number of nitrogens with zero attached hydrogens (tertiary/aromatic N) is 2. The average molecular weight is 821 g/mol. The molecule has 5 aromatic rings. The zero-order chi connectivity index (χ0) is 41.1. The zero-order valence-electron chi connectivity index (χ0n) is 32.8. The maximum Gasteiger partial charge on any atom is 0.660 e. The molecular formula is C46H53BN2O7S2. The summed E-state index contributed by atoms with van der Waals surface area (Å²) < 4.78 is 20.6. The molecule has 4 N–H and O–H groups in total. The molecule has 9 nitrogen and oxygen atoms in total. The van der Waals surface area contributed by atoms with E-state index in [-0.39, 0.29) is 56.0 Å². The molecule has 0 unspecified atom stereocenters. The van der Waals surface area contributed by atoms with Crippen molar-refractivity contribution in [2.75, 3.05) is 56.0 Å². The van der Waals surface area contributed by atoms with E-state index in [0.717, 1.165) is 27.8 Å². The molecule has 5 rings (SSSR count). The highest BCUT2D eigenvalue weighted by Gasteiger charge is 2.41. The Hall–Kier alpha value is -4.44. The Morgan fingerprint density at radius 1 is 0.500 bits per heavy atom. The summed E-state index contributed by atoms with van der Waals surface area (Å²) in [5, 5.41) is 60.5. The van der Waals surface area contributed by atoms with Crippen LogP contribution in [0.25, 0.3) is 0 Å². The quantitative estimate of drug-likeness (QED) is 0.0283. The Bertz CT molecular complexity index is 1840. The number of aliphatic hydroxyl groups excluding tert-OH is 4. The minimum Gasteiger partial charge on any atom is -0.395 e. The molecule has 0 spiro atoms. The summed E-state index contributed by atoms with van der Waals surface area (Å²) in [6, 6.07) is 50.0. The average Bonchev–Trinajstić information content (AvgIpc) is 3.25. The van der Waals surface area contributed by atoms with Gasteiger partial charge in [0.15, 0.2) is 0 Å². The smallest absolute Gasteiger partial charge is 0.395 e. The summed E-state index contributed by atoms with van der Waals surface area (Å²) in [5.41, 5.74) is 5.69. The molecule has 0 atom stereocenters. The molecule has 0 fully saturated rings. The lowest BCUT2D eigenvalue weighted by Crippen LogP contribution is -2.37. The molecule has 304 valence electrons. The van der Waals surface area contributed by atoms with E-state index in [0.29, 0.717) is 35.5 Å². The van der Waals surface area contributed by atoms with Crippen molar-refractivity contribution in [3.8, 4) is 12.1 Å². The van der Waals surface area contributed by atoms with Gasteiger partial charge in [-0.15, -0.1) is 20.6 Å². The monoisotopic (exact) mass is 820 g/mol. The first-order valence-corrected chi connectivity index (χ1v) is 23.6. The summed E-state index contributed by atoms with van der Waals surface area (Å²) in [7, 11) is -5.94. The molecular weight excluding hydrogens is 767 g/mol. The molecule has 0 saturated heterocycles. The molecule has 0 aliphatic carbocycles. The second-order valence-corrected chi connectivity index (χ2v) is 20.5. The van der Waals surface area contributed by atoms with Gasteiger partial charge in [-0.3, -0.25) is 0 Å². The van der Waals surface area contributed by atoms with Gasteiger partial charge < -0.3 is 33.3 Å². The van der Waals surface area contributed by atoms with Gasteiger partial charge in [0.1, 0.15) is 0 Å². The third kappa shape index (κ3) is 11.8. The van der Waals surface area contributed by atoms with E-state index in [9.17, 15) is 30.9 Å². The Morgan fingerprint density at radius 2 is 0.845 bits per heavy atom. The summed E-state index contributed by atoms with van der Waals surface area (Å²) in [4.78, 5) is 0. The second kappa shape index (κ2) is 22.6. The predicted molar refractivity (Wildman–Crippen MR) is 235 cm³/mol. The highest BCUT2D eigenvalue weighted by atomic mass is 32.3. The maximum absolute atomic E-state index is 10.4. The summed E-state index contributed by atoms with van der Waals surface area (Å²) in [5.74, 6) is 1.64. The van der Waals surface area contributed by atoms with E-state index in [1.54, 1.807) is 24.3 Å². The van der Waals surface area contributed by atoms with Gasteiger partial charge in [-0.05, 0) is 64.9 Å². The Labute approximate surface area is 346 Å². The van der Waals surface area contributed by atoms with Gasteiger partial charge in [0.2, 0.25) is 0 Å². The first kappa shape index (κ1) is 44.7. The molecule has 0 aromatic heterocycles. The number of benzene rings is 5. The molecule has 0 saturated carbocycles. The highest BCUT2D eigenvalue weighted by molar-refractivity contribution is 8.30. The maximum atomic E-state index is 10.4. The lowest BCUT2D eigenvalue weighted by atomic mass is 9.67. The molecule has 5 aromatic carbocycles. The van der Waals surface area contributed by atoms with Crippen molar-refractivity contribution in [2.24, 2.45) is 0 Å². The number of hydrogen-bond donors (Lipinski definition) is 4. The number of rotatable bonds is 24. The van der Waals surface area contributed by atoms with E-state index in [2.05, 4.69) is 84.9 Å². The van der Waals surface area contributed by atoms with E-state index in [4.69, 9.17) is 12.9 Å². The fraction of sp³-hybridized carbons (Fsp3) is 0.304. The van der Waals surface area contributed by atoms with Crippen LogP contribution in [0, 0.1) is 22.7 Å². The van der Waals surface area contributed by atoms with Crippen LogP contribution in [0.4, 0.5) is 0 Å². The van der Waals surface area contributed by atoms with Crippen molar-refractivity contribution >= 4 is 27.9 Å². The standard InChI is InChI=1S/C46H53BN2O7S2/c48-35-39-17-21-41(22-18-39)37-57(31-26-50,32-27-51)55-47(56-58(33-28-52,34-29-53)38-42-23-19-40(36-49)20-24-42)54-30-10-25-46(43-11-4-1-5-12-43,44-13-6-2-7-14-44)45-15-8-3-9-16-45/h1-9,11-24,50-53H,10,25-34,37-38H2. The van der Waals surface area contributed by atoms with Crippen LogP contribution in [0.15, 0.2) is 140 Å². The Morgan fingerprint density at radius 3 is 1.16 bits per heavy atom. The number of aliphatic hydroxyl groups is 4. The zero-order valence-corrected chi connectivity index (χ0v) is 34.4. The Balaban J connectivity index is 1.52. The molecule has 0 amide bonds. The molecule has 0 aliphatic rings. The van der Waals surface area contributed by atoms with Crippen LogP contribution < -0.4 is 0 Å². The minimum absolute atomic E-state index is 0.206. The van der Waals surface area contributed by atoms with Crippen molar-refractivity contribution in [1.82, 2.24) is 0 Å². The van der Waals surface area contributed by atoms with Gasteiger partial charge in [0.05, 0.1) is 49.7 Å². The van der Waals surface area contributed by atoms with Crippen molar-refractivity contribution in [2.45, 2.75) is 29.8 Å². The summed E-state index contributed by atoms with van der Waals surface area (Å²) in [6.07, 6.45) is 1.25. The number of nitriles is 2. The molecule has 0 aliphatic heterocycles. The molecule has 0 bridgehead atoms. The minimum atomic E-state index is -2.33. The van der Waals surface area contributed by atoms with Crippen molar-refractivity contribution in [3.63, 3.8) is 0 Å². The van der Waals surface area contributed by atoms with Gasteiger partial charge in [0, 0.05) is 46.5 Å². The lowest BCUT2D eigenvalue weighted by Gasteiger charge is -2.45. The van der Waals surface area contributed by atoms with Crippen molar-refractivity contribution < 1.29 is 33.3 Å².